The van der Waals surface area contributed by atoms with Gasteiger partial charge in [0.15, 0.2) is 0 Å². The van der Waals surface area contributed by atoms with E-state index >= 15 is 0 Å². The monoisotopic (exact) mass is 492 g/mol. The van der Waals surface area contributed by atoms with Crippen molar-refractivity contribution in [3.05, 3.63) is 0 Å². The van der Waals surface area contributed by atoms with Crippen molar-refractivity contribution in [1.82, 2.24) is 20.0 Å². The van der Waals surface area contributed by atoms with Gasteiger partial charge in [-0.05, 0) is 122 Å². The highest BCUT2D eigenvalue weighted by Gasteiger charge is 2.41. The molecule has 1 aliphatic carbocycles. The summed E-state index contributed by atoms with van der Waals surface area (Å²) >= 11 is 0. The van der Waals surface area contributed by atoms with E-state index in [-0.39, 0.29) is 11.7 Å². The number of hydrogen-bond donors (Lipinski definition) is 2. The molecule has 4 heterocycles. The van der Waals surface area contributed by atoms with Gasteiger partial charge < -0.3 is 29.9 Å². The second-order valence-electron chi connectivity index (χ2n) is 12.8. The van der Waals surface area contributed by atoms with Crippen LogP contribution in [0.5, 0.6) is 0 Å². The predicted molar refractivity (Wildman–Crippen MR) is 137 cm³/mol. The van der Waals surface area contributed by atoms with Gasteiger partial charge in [-0.2, -0.15) is 0 Å². The zero-order chi connectivity index (χ0) is 25.1. The molecule has 0 radical (unpaired) electrons. The Hall–Kier alpha value is -1.54. The lowest BCUT2D eigenvalue weighted by Crippen LogP contribution is -2.48. The van der Waals surface area contributed by atoms with Crippen LogP contribution in [-0.2, 0) is 4.74 Å². The average Bonchev–Trinajstić information content (AvgIpc) is 3.66. The molecule has 0 aromatic heterocycles. The maximum Gasteiger partial charge on any atom is 0.410 e. The summed E-state index contributed by atoms with van der Waals surface area (Å²) < 4.78 is 5.43. The molecule has 2 amide bonds. The minimum absolute atomic E-state index is 0.147. The van der Waals surface area contributed by atoms with Crippen molar-refractivity contribution in [2.45, 2.75) is 96.6 Å². The summed E-state index contributed by atoms with van der Waals surface area (Å²) in [6.45, 7) is 13.7. The zero-order valence-electron chi connectivity index (χ0n) is 22.3. The first-order valence-electron chi connectivity index (χ1n) is 14.0. The summed E-state index contributed by atoms with van der Waals surface area (Å²) in [5, 5.41) is 12.4. The Balaban J connectivity index is 0.000000165. The zero-order valence-corrected chi connectivity index (χ0v) is 22.3. The largest absolute Gasteiger partial charge is 0.465 e. The second kappa shape index (κ2) is 10.8. The number of carboxylic acid groups (broad SMARTS) is 1. The number of carbonyl (C=O) groups is 2. The van der Waals surface area contributed by atoms with E-state index in [1.54, 1.807) is 4.90 Å². The minimum atomic E-state index is -0.740. The molecule has 2 N–H and O–H groups in total. The molecular weight excluding hydrogens is 444 g/mol. The molecule has 5 aliphatic rings. The Kier molecular flexibility index (Phi) is 8.21. The lowest BCUT2D eigenvalue weighted by molar-refractivity contribution is 0.00571. The van der Waals surface area contributed by atoms with E-state index in [9.17, 15) is 9.59 Å². The number of piperidine rings is 4. The first-order valence-corrected chi connectivity index (χ1v) is 14.0. The molecular formula is C27H48N4O4. The fraction of sp³-hybridized carbons (Fsp3) is 0.926. The molecule has 2 spiro atoms. The van der Waals surface area contributed by atoms with Crippen LogP contribution in [0.3, 0.4) is 0 Å². The number of rotatable bonds is 1. The molecule has 8 nitrogen and oxygen atoms in total. The number of nitrogens with one attached hydrogen (secondary N) is 1. The smallest absolute Gasteiger partial charge is 0.410 e. The highest BCUT2D eigenvalue weighted by molar-refractivity contribution is 5.68. The molecule has 8 heteroatoms. The van der Waals surface area contributed by atoms with Gasteiger partial charge in [0.25, 0.3) is 0 Å². The molecule has 0 unspecified atom stereocenters. The van der Waals surface area contributed by atoms with Crippen LogP contribution in [0, 0.1) is 10.8 Å². The van der Waals surface area contributed by atoms with E-state index in [1.165, 1.54) is 51.6 Å². The van der Waals surface area contributed by atoms with E-state index < -0.39 is 6.09 Å². The fourth-order valence-corrected chi connectivity index (χ4v) is 6.42. The number of carbonyl (C=O) groups excluding carboxylic acids is 1. The summed E-state index contributed by atoms with van der Waals surface area (Å²) in [6, 6.07) is 0.895. The average molecular weight is 493 g/mol. The Morgan fingerprint density at radius 1 is 0.771 bits per heavy atom. The van der Waals surface area contributed by atoms with Gasteiger partial charge >= 0.3 is 12.2 Å². The van der Waals surface area contributed by atoms with Gasteiger partial charge in [0.1, 0.15) is 5.60 Å². The van der Waals surface area contributed by atoms with Gasteiger partial charge in [0.2, 0.25) is 0 Å². The van der Waals surface area contributed by atoms with Crippen LogP contribution in [0.25, 0.3) is 0 Å². The molecule has 0 aromatic carbocycles. The first-order chi connectivity index (χ1) is 16.6. The third-order valence-corrected chi connectivity index (χ3v) is 9.16. The molecule has 4 saturated heterocycles. The maximum absolute atomic E-state index is 12.0. The van der Waals surface area contributed by atoms with Crippen LogP contribution < -0.4 is 5.32 Å². The fourth-order valence-electron chi connectivity index (χ4n) is 6.42. The quantitative estimate of drug-likeness (QED) is 0.565. The number of likely N-dealkylation sites (tertiary alicyclic amines) is 3. The Bertz CT molecular complexity index is 714. The topological polar surface area (TPSA) is 85.3 Å². The standard InChI is InChI=1S/C14H26N2O2.C13H22N2O2/c1-13(2,3)18-12(17)16-10-6-14(7-11-16)4-8-15-9-5-14;16-12(17)15-9-5-13(6-10-15)3-7-14(8-4-13)11-1-2-11/h15H,4-11H2,1-3H3;11H,1-10H2,(H,16,17). The van der Waals surface area contributed by atoms with Crippen LogP contribution in [0.2, 0.25) is 0 Å². The molecule has 1 saturated carbocycles. The Morgan fingerprint density at radius 3 is 1.69 bits per heavy atom. The molecule has 5 rings (SSSR count). The van der Waals surface area contributed by atoms with E-state index in [4.69, 9.17) is 9.84 Å². The number of ether oxygens (including phenoxy) is 1. The van der Waals surface area contributed by atoms with Crippen LogP contribution in [0.1, 0.15) is 85.0 Å². The van der Waals surface area contributed by atoms with Crippen molar-refractivity contribution in [1.29, 1.82) is 0 Å². The van der Waals surface area contributed by atoms with Crippen molar-refractivity contribution in [2.75, 3.05) is 52.4 Å². The van der Waals surface area contributed by atoms with Crippen molar-refractivity contribution >= 4 is 12.2 Å². The van der Waals surface area contributed by atoms with Crippen molar-refractivity contribution in [2.24, 2.45) is 10.8 Å². The molecule has 0 bridgehead atoms. The van der Waals surface area contributed by atoms with Crippen LogP contribution >= 0.6 is 0 Å². The predicted octanol–water partition coefficient (Wildman–Crippen LogP) is 4.39. The molecule has 4 aliphatic heterocycles. The molecule has 35 heavy (non-hydrogen) atoms. The normalized spacial score (nSPS) is 26.7. The van der Waals surface area contributed by atoms with Crippen molar-refractivity contribution < 1.29 is 19.4 Å². The van der Waals surface area contributed by atoms with Crippen LogP contribution in [-0.4, -0.2) is 96.0 Å². The van der Waals surface area contributed by atoms with E-state index in [0.29, 0.717) is 10.8 Å². The van der Waals surface area contributed by atoms with Gasteiger partial charge in [-0.1, -0.05) is 0 Å². The van der Waals surface area contributed by atoms with Gasteiger partial charge in [-0.15, -0.1) is 0 Å². The van der Waals surface area contributed by atoms with E-state index in [1.807, 2.05) is 25.7 Å². The molecule has 200 valence electrons. The SMILES string of the molecule is CC(C)(C)OC(=O)N1CCC2(CCNCC2)CC1.O=C(O)N1CCC2(CC1)CCN(C1CC1)CC2. The number of amides is 2. The highest BCUT2D eigenvalue weighted by Crippen LogP contribution is 2.43. The maximum atomic E-state index is 12.0. The Morgan fingerprint density at radius 2 is 1.23 bits per heavy atom. The molecule has 5 fully saturated rings. The third kappa shape index (κ3) is 7.25. The van der Waals surface area contributed by atoms with E-state index in [2.05, 4.69) is 10.2 Å². The van der Waals surface area contributed by atoms with Crippen molar-refractivity contribution in [3.63, 3.8) is 0 Å². The first kappa shape index (κ1) is 26.5. The summed E-state index contributed by atoms with van der Waals surface area (Å²) in [5.41, 5.74) is 0.572. The highest BCUT2D eigenvalue weighted by atomic mass is 16.6. The summed E-state index contributed by atoms with van der Waals surface area (Å²) in [7, 11) is 0. The lowest BCUT2D eigenvalue weighted by Gasteiger charge is -2.46. The molecule has 0 aromatic rings. The van der Waals surface area contributed by atoms with Gasteiger partial charge in [-0.25, -0.2) is 9.59 Å². The van der Waals surface area contributed by atoms with Crippen LogP contribution in [0.15, 0.2) is 0 Å². The number of nitrogens with zero attached hydrogens (tertiary/aromatic N) is 3. The second-order valence-corrected chi connectivity index (χ2v) is 12.8. The summed E-state index contributed by atoms with van der Waals surface area (Å²) in [5.74, 6) is 0. The lowest BCUT2D eigenvalue weighted by atomic mass is 9.71. The van der Waals surface area contributed by atoms with Gasteiger partial charge in [-0.3, -0.25) is 0 Å². The minimum Gasteiger partial charge on any atom is -0.465 e. The third-order valence-electron chi connectivity index (χ3n) is 9.16. The molecule has 0 atom stereocenters. The Labute approximate surface area is 211 Å². The van der Waals surface area contributed by atoms with Gasteiger partial charge in [0.05, 0.1) is 0 Å². The van der Waals surface area contributed by atoms with E-state index in [0.717, 1.165) is 71.0 Å². The number of hydrogen-bond acceptors (Lipinski definition) is 5. The van der Waals surface area contributed by atoms with Crippen LogP contribution in [0.4, 0.5) is 9.59 Å². The van der Waals surface area contributed by atoms with Gasteiger partial charge in [0, 0.05) is 32.2 Å². The summed E-state index contributed by atoms with van der Waals surface area (Å²) in [4.78, 5) is 29.0. The summed E-state index contributed by atoms with van der Waals surface area (Å²) in [6.07, 6.45) is 11.4. The van der Waals surface area contributed by atoms with Crippen molar-refractivity contribution in [3.8, 4) is 0 Å².